The summed E-state index contributed by atoms with van der Waals surface area (Å²) < 4.78 is 5.13. The van der Waals surface area contributed by atoms with Gasteiger partial charge >= 0.3 is 5.97 Å². The van der Waals surface area contributed by atoms with E-state index in [0.29, 0.717) is 10.2 Å². The van der Waals surface area contributed by atoms with Crippen molar-refractivity contribution in [2.75, 3.05) is 7.11 Å². The molecule has 4 nitrogen and oxygen atoms in total. The van der Waals surface area contributed by atoms with Crippen molar-refractivity contribution in [3.05, 3.63) is 34.7 Å². The number of H-pyrrole nitrogens is 1. The molecular formula is C10H8N2O2S. The molecule has 0 aliphatic carbocycles. The molecule has 0 aliphatic rings. The van der Waals surface area contributed by atoms with Crippen molar-refractivity contribution in [2.45, 2.75) is 0 Å². The number of ether oxygens (including phenoxy) is 1. The van der Waals surface area contributed by atoms with Gasteiger partial charge in [0.25, 0.3) is 0 Å². The van der Waals surface area contributed by atoms with Crippen LogP contribution in [-0.2, 0) is 4.74 Å². The average molecular weight is 220 g/mol. The second kappa shape index (κ2) is 3.78. The monoisotopic (exact) mass is 220 g/mol. The summed E-state index contributed by atoms with van der Waals surface area (Å²) in [6.07, 6.45) is 1.51. The van der Waals surface area contributed by atoms with Crippen LogP contribution in [0.15, 0.2) is 24.5 Å². The summed E-state index contributed by atoms with van der Waals surface area (Å²) in [6.45, 7) is 0. The summed E-state index contributed by atoms with van der Waals surface area (Å²) in [5.74, 6) is -0.368. The fourth-order valence-electron chi connectivity index (χ4n) is 1.32. The molecule has 76 valence electrons. The Morgan fingerprint density at radius 1 is 1.53 bits per heavy atom. The quantitative estimate of drug-likeness (QED) is 0.590. The molecule has 0 amide bonds. The number of nitrogens with zero attached hydrogens (tertiary/aromatic N) is 1. The largest absolute Gasteiger partial charge is 0.465 e. The molecular weight excluding hydrogens is 212 g/mol. The molecule has 0 fully saturated rings. The number of nitrogens with one attached hydrogen (secondary N) is 1. The lowest BCUT2D eigenvalue weighted by atomic mass is 10.1. The van der Waals surface area contributed by atoms with E-state index in [4.69, 9.17) is 12.2 Å². The fraction of sp³-hybridized carbons (Fsp3) is 0.100. The molecule has 0 saturated carbocycles. The predicted molar refractivity (Wildman–Crippen MR) is 58.3 cm³/mol. The minimum absolute atomic E-state index is 0.368. The minimum Gasteiger partial charge on any atom is -0.465 e. The summed E-state index contributed by atoms with van der Waals surface area (Å²) in [5.41, 5.74) is 1.26. The topological polar surface area (TPSA) is 55.0 Å². The predicted octanol–water partition coefficient (Wildman–Crippen LogP) is 2.08. The van der Waals surface area contributed by atoms with E-state index in [1.807, 2.05) is 0 Å². The third-order valence-corrected chi connectivity index (χ3v) is 2.40. The highest BCUT2D eigenvalue weighted by molar-refractivity contribution is 7.71. The standard InChI is InChI=1S/C10H8N2O2S/c1-14-10(13)6-2-3-7-8(4-6)11-5-12-9(7)15/h2-5H,1H3,(H,11,12,15). The first kappa shape index (κ1) is 9.79. The number of carbonyl (C=O) groups is 1. The fourth-order valence-corrected chi connectivity index (χ4v) is 1.56. The minimum atomic E-state index is -0.368. The number of fused-ring (bicyclic) bond motifs is 1. The second-order valence-electron chi connectivity index (χ2n) is 2.96. The molecule has 0 bridgehead atoms. The van der Waals surface area contributed by atoms with Crippen LogP contribution in [0.5, 0.6) is 0 Å². The molecule has 0 aliphatic heterocycles. The van der Waals surface area contributed by atoms with Crippen LogP contribution >= 0.6 is 12.2 Å². The Hall–Kier alpha value is -1.75. The van der Waals surface area contributed by atoms with Crippen molar-refractivity contribution in [3.63, 3.8) is 0 Å². The van der Waals surface area contributed by atoms with E-state index in [2.05, 4.69) is 14.7 Å². The van der Waals surface area contributed by atoms with Gasteiger partial charge in [0.1, 0.15) is 4.64 Å². The van der Waals surface area contributed by atoms with Gasteiger partial charge in [0, 0.05) is 5.39 Å². The molecule has 0 atom stereocenters. The summed E-state index contributed by atoms with van der Waals surface area (Å²) in [7, 11) is 1.35. The third kappa shape index (κ3) is 1.73. The number of benzene rings is 1. The van der Waals surface area contributed by atoms with Crippen LogP contribution in [-0.4, -0.2) is 23.0 Å². The molecule has 2 aromatic rings. The summed E-state index contributed by atoms with van der Waals surface area (Å²) in [6, 6.07) is 5.12. The molecule has 0 spiro atoms. The van der Waals surface area contributed by atoms with Crippen molar-refractivity contribution in [3.8, 4) is 0 Å². The van der Waals surface area contributed by atoms with Gasteiger partial charge in [-0.05, 0) is 18.2 Å². The number of methoxy groups -OCH3 is 1. The van der Waals surface area contributed by atoms with Crippen molar-refractivity contribution >= 4 is 29.1 Å². The number of aromatic nitrogens is 2. The normalized spacial score (nSPS) is 10.2. The maximum Gasteiger partial charge on any atom is 0.337 e. The number of hydrogen-bond acceptors (Lipinski definition) is 4. The molecule has 1 heterocycles. The van der Waals surface area contributed by atoms with Gasteiger partial charge in [0.05, 0.1) is 24.5 Å². The van der Waals surface area contributed by atoms with Gasteiger partial charge in [0.2, 0.25) is 0 Å². The van der Waals surface area contributed by atoms with Gasteiger partial charge in [0.15, 0.2) is 0 Å². The first-order valence-electron chi connectivity index (χ1n) is 4.28. The van der Waals surface area contributed by atoms with Crippen molar-refractivity contribution in [2.24, 2.45) is 0 Å². The van der Waals surface area contributed by atoms with Gasteiger partial charge in [-0.3, -0.25) is 0 Å². The zero-order chi connectivity index (χ0) is 10.8. The number of carbonyl (C=O) groups excluding carboxylic acids is 1. The van der Waals surface area contributed by atoms with Crippen LogP contribution < -0.4 is 0 Å². The molecule has 5 heteroatoms. The average Bonchev–Trinajstić information content (AvgIpc) is 2.28. The van der Waals surface area contributed by atoms with Crippen molar-refractivity contribution in [1.29, 1.82) is 0 Å². The molecule has 1 aromatic heterocycles. The van der Waals surface area contributed by atoms with Crippen LogP contribution in [0, 0.1) is 4.64 Å². The summed E-state index contributed by atoms with van der Waals surface area (Å²) >= 11 is 5.04. The molecule has 0 unspecified atom stereocenters. The van der Waals surface area contributed by atoms with Crippen LogP contribution in [0.3, 0.4) is 0 Å². The number of aromatic amines is 1. The zero-order valence-corrected chi connectivity index (χ0v) is 8.80. The first-order valence-corrected chi connectivity index (χ1v) is 4.69. The molecule has 15 heavy (non-hydrogen) atoms. The van der Waals surface area contributed by atoms with E-state index in [9.17, 15) is 4.79 Å². The Morgan fingerprint density at radius 2 is 2.33 bits per heavy atom. The Labute approximate surface area is 90.9 Å². The van der Waals surface area contributed by atoms with Gasteiger partial charge in [-0.25, -0.2) is 9.78 Å². The highest BCUT2D eigenvalue weighted by Gasteiger charge is 2.06. The third-order valence-electron chi connectivity index (χ3n) is 2.07. The van der Waals surface area contributed by atoms with E-state index in [1.165, 1.54) is 13.4 Å². The lowest BCUT2D eigenvalue weighted by Crippen LogP contribution is -2.01. The maximum atomic E-state index is 11.3. The molecule has 2 rings (SSSR count). The second-order valence-corrected chi connectivity index (χ2v) is 3.35. The van der Waals surface area contributed by atoms with E-state index < -0.39 is 0 Å². The van der Waals surface area contributed by atoms with Crippen molar-refractivity contribution < 1.29 is 9.53 Å². The Kier molecular flexibility index (Phi) is 2.47. The highest BCUT2D eigenvalue weighted by Crippen LogP contribution is 2.14. The van der Waals surface area contributed by atoms with Crippen LogP contribution in [0.25, 0.3) is 10.9 Å². The highest BCUT2D eigenvalue weighted by atomic mass is 32.1. The zero-order valence-electron chi connectivity index (χ0n) is 7.98. The molecule has 1 aromatic carbocycles. The molecule has 0 radical (unpaired) electrons. The van der Waals surface area contributed by atoms with Crippen LogP contribution in [0.1, 0.15) is 10.4 Å². The molecule has 1 N–H and O–H groups in total. The Morgan fingerprint density at radius 3 is 3.07 bits per heavy atom. The lowest BCUT2D eigenvalue weighted by Gasteiger charge is -2.01. The van der Waals surface area contributed by atoms with Crippen molar-refractivity contribution in [1.82, 2.24) is 9.97 Å². The van der Waals surface area contributed by atoms with E-state index >= 15 is 0 Å². The Bertz CT molecular complexity index is 577. The SMILES string of the molecule is COC(=O)c1ccc2c(=S)nc[nH]c2c1. The van der Waals surface area contributed by atoms with E-state index in [-0.39, 0.29) is 5.97 Å². The first-order chi connectivity index (χ1) is 7.22. The van der Waals surface area contributed by atoms with E-state index in [1.54, 1.807) is 18.2 Å². The van der Waals surface area contributed by atoms with Gasteiger partial charge in [-0.1, -0.05) is 12.2 Å². The maximum absolute atomic E-state index is 11.3. The van der Waals surface area contributed by atoms with Gasteiger partial charge in [-0.2, -0.15) is 0 Å². The number of hydrogen-bond donors (Lipinski definition) is 1. The number of esters is 1. The van der Waals surface area contributed by atoms with Gasteiger partial charge < -0.3 is 9.72 Å². The van der Waals surface area contributed by atoms with E-state index in [0.717, 1.165) is 10.9 Å². The smallest absolute Gasteiger partial charge is 0.337 e. The molecule has 0 saturated heterocycles. The number of rotatable bonds is 1. The Balaban J connectivity index is 2.67. The summed E-state index contributed by atoms with van der Waals surface area (Å²) in [5, 5.41) is 0.820. The lowest BCUT2D eigenvalue weighted by molar-refractivity contribution is 0.0601. The van der Waals surface area contributed by atoms with Gasteiger partial charge in [-0.15, -0.1) is 0 Å². The van der Waals surface area contributed by atoms with Crippen LogP contribution in [0.4, 0.5) is 0 Å². The van der Waals surface area contributed by atoms with Crippen LogP contribution in [0.2, 0.25) is 0 Å². The summed E-state index contributed by atoms with van der Waals surface area (Å²) in [4.78, 5) is 18.1.